The Balaban J connectivity index is 1.62. The quantitative estimate of drug-likeness (QED) is 0.674. The SMILES string of the molecule is CCCCC1=C(COCc2ccccc2)OC2(CCCCO2)CC1. The fourth-order valence-corrected chi connectivity index (χ4v) is 3.55. The first-order chi connectivity index (χ1) is 11.8. The van der Waals surface area contributed by atoms with Gasteiger partial charge in [-0.05, 0) is 43.2 Å². The van der Waals surface area contributed by atoms with Crippen LogP contribution < -0.4 is 0 Å². The van der Waals surface area contributed by atoms with Gasteiger partial charge in [-0.3, -0.25) is 0 Å². The average Bonchev–Trinajstić information content (AvgIpc) is 2.63. The molecule has 0 amide bonds. The van der Waals surface area contributed by atoms with Gasteiger partial charge in [-0.2, -0.15) is 0 Å². The van der Waals surface area contributed by atoms with Crippen LogP contribution >= 0.6 is 0 Å². The van der Waals surface area contributed by atoms with Crippen LogP contribution in [0.5, 0.6) is 0 Å². The van der Waals surface area contributed by atoms with Gasteiger partial charge in [-0.15, -0.1) is 0 Å². The highest BCUT2D eigenvalue weighted by molar-refractivity contribution is 5.15. The Kier molecular flexibility index (Phi) is 6.33. The van der Waals surface area contributed by atoms with Crippen molar-refractivity contribution >= 4 is 0 Å². The molecule has 0 aromatic heterocycles. The minimum Gasteiger partial charge on any atom is -0.464 e. The standard InChI is InChI=1S/C21H30O3/c1-2-3-11-19-12-14-21(13-7-8-15-23-21)24-20(19)17-22-16-18-9-5-4-6-10-18/h4-6,9-10H,2-3,7-8,11-17H2,1H3. The maximum Gasteiger partial charge on any atom is 0.210 e. The number of benzene rings is 1. The molecule has 3 heteroatoms. The smallest absolute Gasteiger partial charge is 0.210 e. The molecule has 24 heavy (non-hydrogen) atoms. The third kappa shape index (κ3) is 4.61. The van der Waals surface area contributed by atoms with E-state index in [1.807, 2.05) is 18.2 Å². The van der Waals surface area contributed by atoms with Crippen LogP contribution in [-0.4, -0.2) is 19.0 Å². The monoisotopic (exact) mass is 330 g/mol. The van der Waals surface area contributed by atoms with Crippen molar-refractivity contribution < 1.29 is 14.2 Å². The largest absolute Gasteiger partial charge is 0.464 e. The van der Waals surface area contributed by atoms with Gasteiger partial charge in [0.25, 0.3) is 0 Å². The molecule has 0 saturated carbocycles. The molecule has 3 rings (SSSR count). The third-order valence-electron chi connectivity index (χ3n) is 5.01. The lowest BCUT2D eigenvalue weighted by Gasteiger charge is -2.42. The van der Waals surface area contributed by atoms with Crippen LogP contribution in [0.2, 0.25) is 0 Å². The number of unbranched alkanes of at least 4 members (excludes halogenated alkanes) is 1. The molecule has 0 bridgehead atoms. The summed E-state index contributed by atoms with van der Waals surface area (Å²) >= 11 is 0. The van der Waals surface area contributed by atoms with E-state index in [9.17, 15) is 0 Å². The van der Waals surface area contributed by atoms with Crippen LogP contribution in [0.15, 0.2) is 41.7 Å². The van der Waals surface area contributed by atoms with Crippen molar-refractivity contribution in [2.75, 3.05) is 13.2 Å². The summed E-state index contributed by atoms with van der Waals surface area (Å²) in [5.41, 5.74) is 2.64. The van der Waals surface area contributed by atoms with Gasteiger partial charge in [0.15, 0.2) is 0 Å². The van der Waals surface area contributed by atoms with Crippen LogP contribution in [0, 0.1) is 0 Å². The number of allylic oxidation sites excluding steroid dienone is 1. The molecule has 1 atom stereocenters. The van der Waals surface area contributed by atoms with Crippen molar-refractivity contribution in [3.63, 3.8) is 0 Å². The summed E-state index contributed by atoms with van der Waals surface area (Å²) in [6.45, 7) is 4.24. The van der Waals surface area contributed by atoms with Gasteiger partial charge in [0.05, 0.1) is 13.2 Å². The second kappa shape index (κ2) is 8.68. The molecule has 1 fully saturated rings. The minimum atomic E-state index is -0.376. The molecular weight excluding hydrogens is 300 g/mol. The lowest BCUT2D eigenvalue weighted by molar-refractivity contribution is -0.249. The van der Waals surface area contributed by atoms with Gasteiger partial charge in [0.2, 0.25) is 5.79 Å². The van der Waals surface area contributed by atoms with Crippen molar-refractivity contribution in [2.24, 2.45) is 0 Å². The topological polar surface area (TPSA) is 27.7 Å². The van der Waals surface area contributed by atoms with Crippen molar-refractivity contribution in [3.05, 3.63) is 47.2 Å². The van der Waals surface area contributed by atoms with Gasteiger partial charge in [0, 0.05) is 12.8 Å². The van der Waals surface area contributed by atoms with E-state index in [1.54, 1.807) is 0 Å². The maximum atomic E-state index is 6.39. The van der Waals surface area contributed by atoms with E-state index in [1.165, 1.54) is 30.4 Å². The van der Waals surface area contributed by atoms with Crippen molar-refractivity contribution in [3.8, 4) is 0 Å². The normalized spacial score (nSPS) is 24.2. The van der Waals surface area contributed by atoms with E-state index in [-0.39, 0.29) is 5.79 Å². The fraction of sp³-hybridized carbons (Fsp3) is 0.619. The summed E-state index contributed by atoms with van der Waals surface area (Å²) in [5, 5.41) is 0. The zero-order chi connectivity index (χ0) is 16.7. The average molecular weight is 330 g/mol. The first-order valence-corrected chi connectivity index (χ1v) is 9.47. The number of ether oxygens (including phenoxy) is 3. The molecule has 1 aromatic carbocycles. The highest BCUT2D eigenvalue weighted by atomic mass is 16.7. The number of rotatable bonds is 7. The zero-order valence-corrected chi connectivity index (χ0v) is 14.9. The van der Waals surface area contributed by atoms with Gasteiger partial charge in [-0.25, -0.2) is 0 Å². The highest BCUT2D eigenvalue weighted by Gasteiger charge is 2.39. The van der Waals surface area contributed by atoms with Crippen LogP contribution in [0.3, 0.4) is 0 Å². The predicted octanol–water partition coefficient (Wildman–Crippen LogP) is 5.35. The minimum absolute atomic E-state index is 0.376. The van der Waals surface area contributed by atoms with Crippen LogP contribution in [-0.2, 0) is 20.8 Å². The fourth-order valence-electron chi connectivity index (χ4n) is 3.55. The van der Waals surface area contributed by atoms with Gasteiger partial charge < -0.3 is 14.2 Å². The Hall–Kier alpha value is -1.32. The molecule has 0 radical (unpaired) electrons. The molecule has 2 aliphatic heterocycles. The lowest BCUT2D eigenvalue weighted by Crippen LogP contribution is -2.42. The second-order valence-electron chi connectivity index (χ2n) is 6.93. The van der Waals surface area contributed by atoms with E-state index in [2.05, 4.69) is 19.1 Å². The molecule has 1 saturated heterocycles. The number of hydrogen-bond acceptors (Lipinski definition) is 3. The maximum absolute atomic E-state index is 6.39. The van der Waals surface area contributed by atoms with E-state index in [4.69, 9.17) is 14.2 Å². The Labute approximate surface area is 146 Å². The molecule has 2 heterocycles. The van der Waals surface area contributed by atoms with Crippen LogP contribution in [0.1, 0.15) is 63.9 Å². The molecule has 2 aliphatic rings. The summed E-state index contributed by atoms with van der Waals surface area (Å²) in [6.07, 6.45) is 8.99. The molecule has 1 aromatic rings. The molecule has 0 N–H and O–H groups in total. The summed E-state index contributed by atoms with van der Waals surface area (Å²) < 4.78 is 18.4. The first-order valence-electron chi connectivity index (χ1n) is 9.47. The Morgan fingerprint density at radius 2 is 1.96 bits per heavy atom. The molecular formula is C21H30O3. The summed E-state index contributed by atoms with van der Waals surface area (Å²) in [7, 11) is 0. The first kappa shape index (κ1) is 17.5. The van der Waals surface area contributed by atoms with E-state index in [0.717, 1.165) is 44.5 Å². The van der Waals surface area contributed by atoms with Crippen LogP contribution in [0.4, 0.5) is 0 Å². The third-order valence-corrected chi connectivity index (χ3v) is 5.01. The summed E-state index contributed by atoms with van der Waals surface area (Å²) in [4.78, 5) is 0. The predicted molar refractivity (Wildman–Crippen MR) is 95.5 cm³/mol. The molecule has 132 valence electrons. The van der Waals surface area contributed by atoms with Crippen molar-refractivity contribution in [1.29, 1.82) is 0 Å². The molecule has 1 spiro atoms. The van der Waals surface area contributed by atoms with Crippen molar-refractivity contribution in [1.82, 2.24) is 0 Å². The highest BCUT2D eigenvalue weighted by Crippen LogP contribution is 2.40. The zero-order valence-electron chi connectivity index (χ0n) is 14.9. The van der Waals surface area contributed by atoms with Gasteiger partial charge in [-0.1, -0.05) is 43.7 Å². The number of hydrogen-bond donors (Lipinski definition) is 0. The Morgan fingerprint density at radius 1 is 1.08 bits per heavy atom. The van der Waals surface area contributed by atoms with E-state index in [0.29, 0.717) is 13.2 Å². The lowest BCUT2D eigenvalue weighted by atomic mass is 9.92. The van der Waals surface area contributed by atoms with E-state index < -0.39 is 0 Å². The Morgan fingerprint density at radius 3 is 2.71 bits per heavy atom. The molecule has 0 aliphatic carbocycles. The molecule has 3 nitrogen and oxygen atoms in total. The van der Waals surface area contributed by atoms with Gasteiger partial charge in [0.1, 0.15) is 12.4 Å². The second-order valence-corrected chi connectivity index (χ2v) is 6.93. The van der Waals surface area contributed by atoms with E-state index >= 15 is 0 Å². The molecule has 1 unspecified atom stereocenters. The summed E-state index contributed by atoms with van der Waals surface area (Å²) in [6, 6.07) is 10.3. The summed E-state index contributed by atoms with van der Waals surface area (Å²) in [5.74, 6) is 0.659. The van der Waals surface area contributed by atoms with Crippen LogP contribution in [0.25, 0.3) is 0 Å². The Bertz CT molecular complexity index is 529. The van der Waals surface area contributed by atoms with Gasteiger partial charge >= 0.3 is 0 Å². The van der Waals surface area contributed by atoms with Crippen molar-refractivity contribution in [2.45, 2.75) is 70.7 Å².